The van der Waals surface area contributed by atoms with Crippen LogP contribution in [-0.2, 0) is 11.3 Å². The van der Waals surface area contributed by atoms with E-state index in [1.54, 1.807) is 6.07 Å². The number of carbonyl (C=O) groups excluding carboxylic acids is 1. The molecular weight excluding hydrogens is 509 g/mol. The predicted octanol–water partition coefficient (Wildman–Crippen LogP) is 7.56. The third-order valence-electron chi connectivity index (χ3n) is 5.68. The van der Waals surface area contributed by atoms with E-state index in [1.807, 2.05) is 55.5 Å². The first-order chi connectivity index (χ1) is 16.4. The molecule has 2 N–H and O–H groups in total. The number of nitrogens with one attached hydrogen (secondary N) is 2. The molecule has 1 saturated heterocycles. The fourth-order valence-corrected chi connectivity index (χ4v) is 5.56. The highest BCUT2D eigenvalue weighted by molar-refractivity contribution is 8.05. The van der Waals surface area contributed by atoms with Gasteiger partial charge in [-0.15, -0.1) is 0 Å². The van der Waals surface area contributed by atoms with Gasteiger partial charge in [-0.3, -0.25) is 4.79 Å². The Balaban J connectivity index is 1.43. The Morgan fingerprint density at radius 3 is 2.65 bits per heavy atom. The summed E-state index contributed by atoms with van der Waals surface area (Å²) >= 11 is 20.1. The maximum absolute atomic E-state index is 12.7. The van der Waals surface area contributed by atoms with E-state index in [0.717, 1.165) is 33.3 Å². The molecule has 1 aliphatic rings. The summed E-state index contributed by atoms with van der Waals surface area (Å²) in [7, 11) is 0. The van der Waals surface area contributed by atoms with Crippen molar-refractivity contribution >= 4 is 75.1 Å². The minimum atomic E-state index is -0.280. The largest absolute Gasteiger partial charge is 0.356 e. The van der Waals surface area contributed by atoms with Gasteiger partial charge in [-0.05, 0) is 54.5 Å². The van der Waals surface area contributed by atoms with Crippen LogP contribution in [0.5, 0.6) is 0 Å². The van der Waals surface area contributed by atoms with E-state index in [9.17, 15) is 4.79 Å². The number of rotatable bonds is 5. The molecule has 4 nitrogen and oxygen atoms in total. The van der Waals surface area contributed by atoms with Gasteiger partial charge in [0, 0.05) is 50.0 Å². The molecule has 1 aliphatic heterocycles. The van der Waals surface area contributed by atoms with Crippen LogP contribution in [0.2, 0.25) is 15.1 Å². The molecule has 0 spiro atoms. The number of para-hydroxylation sites is 1. The van der Waals surface area contributed by atoms with Crippen molar-refractivity contribution in [2.75, 3.05) is 5.32 Å². The van der Waals surface area contributed by atoms with Crippen molar-refractivity contribution in [1.29, 1.82) is 0 Å². The molecule has 1 atom stereocenters. The molecule has 3 aromatic carbocycles. The number of thioether (sulfide) groups is 1. The summed E-state index contributed by atoms with van der Waals surface area (Å²) < 4.78 is 2.14. The van der Waals surface area contributed by atoms with Gasteiger partial charge in [0.25, 0.3) is 5.91 Å². The van der Waals surface area contributed by atoms with E-state index in [2.05, 4.69) is 33.5 Å². The second kappa shape index (κ2) is 9.59. The number of hydrogen-bond acceptors (Lipinski definition) is 3. The van der Waals surface area contributed by atoms with Crippen LogP contribution >= 0.6 is 46.6 Å². The smallest absolute Gasteiger partial charge is 0.260 e. The first kappa shape index (κ1) is 23.2. The van der Waals surface area contributed by atoms with Crippen LogP contribution in [0.3, 0.4) is 0 Å². The molecule has 0 radical (unpaired) electrons. The minimum absolute atomic E-state index is 0.111. The first-order valence-corrected chi connectivity index (χ1v) is 12.6. The van der Waals surface area contributed by atoms with Gasteiger partial charge < -0.3 is 15.2 Å². The lowest BCUT2D eigenvalue weighted by Crippen LogP contribution is -2.31. The maximum Gasteiger partial charge on any atom is 0.260 e. The van der Waals surface area contributed by atoms with Gasteiger partial charge in [-0.1, -0.05) is 76.9 Å². The van der Waals surface area contributed by atoms with Crippen LogP contribution in [0.4, 0.5) is 5.69 Å². The van der Waals surface area contributed by atoms with Gasteiger partial charge in [0.05, 0.1) is 4.91 Å². The number of anilines is 1. The number of amides is 1. The lowest BCUT2D eigenvalue weighted by molar-refractivity contribution is -0.116. The van der Waals surface area contributed by atoms with E-state index in [0.29, 0.717) is 26.5 Å². The standard InChI is InChI=1S/C26H20Cl3N3OS/c1-15-6-8-19(28)12-22(15)30-26-31-25(33)24(34-26)10-17-14-32(23-5-3-2-4-20(17)23)13-16-7-9-18(27)11-21(16)29/h2-12,14,26,30H,13H2,1H3,(H,31,33)/b24-10-. The van der Waals surface area contributed by atoms with Gasteiger partial charge in [-0.25, -0.2) is 0 Å². The molecule has 4 aromatic rings. The fraction of sp³-hybridized carbons (Fsp3) is 0.115. The van der Waals surface area contributed by atoms with E-state index in [-0.39, 0.29) is 11.4 Å². The second-order valence-electron chi connectivity index (χ2n) is 8.05. The summed E-state index contributed by atoms with van der Waals surface area (Å²) in [5.74, 6) is -0.111. The average molecular weight is 529 g/mol. The zero-order valence-corrected chi connectivity index (χ0v) is 21.2. The van der Waals surface area contributed by atoms with Crippen molar-refractivity contribution in [3.05, 3.63) is 104 Å². The van der Waals surface area contributed by atoms with Gasteiger partial charge in [0.2, 0.25) is 0 Å². The van der Waals surface area contributed by atoms with E-state index in [4.69, 9.17) is 34.8 Å². The Hall–Kier alpha value is -2.57. The summed E-state index contributed by atoms with van der Waals surface area (Å²) in [6.07, 6.45) is 3.99. The summed E-state index contributed by atoms with van der Waals surface area (Å²) in [6.45, 7) is 2.59. The molecule has 0 saturated carbocycles. The Kier molecular flexibility index (Phi) is 6.54. The summed E-state index contributed by atoms with van der Waals surface area (Å²) in [5.41, 5.74) is 4.67. The van der Waals surface area contributed by atoms with Gasteiger partial charge >= 0.3 is 0 Å². The van der Waals surface area contributed by atoms with Crippen molar-refractivity contribution in [3.8, 4) is 0 Å². The number of benzene rings is 3. The maximum atomic E-state index is 12.7. The van der Waals surface area contributed by atoms with E-state index in [1.165, 1.54) is 11.8 Å². The Morgan fingerprint density at radius 1 is 1.06 bits per heavy atom. The van der Waals surface area contributed by atoms with Crippen LogP contribution in [-0.4, -0.2) is 16.0 Å². The summed E-state index contributed by atoms with van der Waals surface area (Å²) in [5, 5.41) is 9.29. The summed E-state index contributed by atoms with van der Waals surface area (Å²) in [6, 6.07) is 19.3. The molecule has 34 heavy (non-hydrogen) atoms. The highest BCUT2D eigenvalue weighted by atomic mass is 35.5. The Morgan fingerprint density at radius 2 is 1.82 bits per heavy atom. The quantitative estimate of drug-likeness (QED) is 0.263. The Labute approximate surface area is 216 Å². The predicted molar refractivity (Wildman–Crippen MR) is 145 cm³/mol. The number of fused-ring (bicyclic) bond motifs is 1. The SMILES string of the molecule is Cc1ccc(Cl)cc1NC1NC(=O)/C(=C/c2cn(Cc3ccc(Cl)cc3Cl)c3ccccc23)S1. The summed E-state index contributed by atoms with van der Waals surface area (Å²) in [4.78, 5) is 13.4. The molecule has 8 heteroatoms. The topological polar surface area (TPSA) is 46.1 Å². The second-order valence-corrected chi connectivity index (χ2v) is 10.5. The number of aromatic nitrogens is 1. The van der Waals surface area contributed by atoms with Crippen LogP contribution in [0.25, 0.3) is 17.0 Å². The van der Waals surface area contributed by atoms with Crippen molar-refractivity contribution in [3.63, 3.8) is 0 Å². The highest BCUT2D eigenvalue weighted by Crippen LogP contribution is 2.34. The number of carbonyl (C=O) groups is 1. The first-order valence-electron chi connectivity index (χ1n) is 10.6. The molecule has 1 amide bonds. The van der Waals surface area contributed by atoms with Gasteiger partial charge in [-0.2, -0.15) is 0 Å². The van der Waals surface area contributed by atoms with Crippen LogP contribution in [0, 0.1) is 6.92 Å². The average Bonchev–Trinajstić information content (AvgIpc) is 3.33. The van der Waals surface area contributed by atoms with Crippen molar-refractivity contribution in [2.24, 2.45) is 0 Å². The monoisotopic (exact) mass is 527 g/mol. The van der Waals surface area contributed by atoms with Crippen molar-refractivity contribution < 1.29 is 4.79 Å². The zero-order chi connectivity index (χ0) is 23.8. The van der Waals surface area contributed by atoms with Crippen molar-refractivity contribution in [1.82, 2.24) is 9.88 Å². The zero-order valence-electron chi connectivity index (χ0n) is 18.1. The molecular formula is C26H20Cl3N3OS. The molecule has 1 fully saturated rings. The van der Waals surface area contributed by atoms with E-state index >= 15 is 0 Å². The highest BCUT2D eigenvalue weighted by Gasteiger charge is 2.28. The molecule has 1 aromatic heterocycles. The van der Waals surface area contributed by atoms with Crippen LogP contribution in [0.1, 0.15) is 16.7 Å². The van der Waals surface area contributed by atoms with Gasteiger partial charge in [0.15, 0.2) is 5.50 Å². The number of halogens is 3. The number of aryl methyl sites for hydroxylation is 1. The number of nitrogens with zero attached hydrogens (tertiary/aromatic N) is 1. The third-order valence-corrected chi connectivity index (χ3v) is 7.53. The minimum Gasteiger partial charge on any atom is -0.356 e. The lowest BCUT2D eigenvalue weighted by Gasteiger charge is -2.15. The number of hydrogen-bond donors (Lipinski definition) is 2. The van der Waals surface area contributed by atoms with Crippen LogP contribution in [0.15, 0.2) is 71.8 Å². The van der Waals surface area contributed by atoms with Crippen LogP contribution < -0.4 is 10.6 Å². The molecule has 5 rings (SSSR count). The fourth-order valence-electron chi connectivity index (χ4n) is 3.95. The Bertz CT molecular complexity index is 1450. The molecule has 2 heterocycles. The third kappa shape index (κ3) is 4.80. The van der Waals surface area contributed by atoms with Crippen molar-refractivity contribution in [2.45, 2.75) is 19.0 Å². The normalized spacial score (nSPS) is 16.9. The molecule has 1 unspecified atom stereocenters. The molecule has 0 bridgehead atoms. The van der Waals surface area contributed by atoms with Gasteiger partial charge in [0.1, 0.15) is 0 Å². The molecule has 0 aliphatic carbocycles. The lowest BCUT2D eigenvalue weighted by atomic mass is 10.1. The van der Waals surface area contributed by atoms with E-state index < -0.39 is 0 Å². The molecule has 172 valence electrons.